The Balaban J connectivity index is 1.74. The lowest BCUT2D eigenvalue weighted by Crippen LogP contribution is -2.49. The number of esters is 1. The zero-order chi connectivity index (χ0) is 24.9. The van der Waals surface area contributed by atoms with Gasteiger partial charge in [0.15, 0.2) is 6.04 Å². The number of carbonyl (C=O) groups is 1. The zero-order valence-electron chi connectivity index (χ0n) is 21.1. The van der Waals surface area contributed by atoms with E-state index in [0.717, 1.165) is 35.2 Å². The van der Waals surface area contributed by atoms with Gasteiger partial charge in [0.05, 0.1) is 16.9 Å². The van der Waals surface area contributed by atoms with E-state index in [9.17, 15) is 4.79 Å². The van der Waals surface area contributed by atoms with Crippen molar-refractivity contribution in [1.82, 2.24) is 0 Å². The first-order valence-electron chi connectivity index (χ1n) is 12.3. The van der Waals surface area contributed by atoms with Crippen LogP contribution in [0.4, 0.5) is 0 Å². The van der Waals surface area contributed by atoms with Gasteiger partial charge in [-0.1, -0.05) is 91.0 Å². The number of nitrogens with zero attached hydrogens (tertiary/aromatic N) is 1. The Bertz CT molecular complexity index is 1080. The molecular weight excluding hydrogens is 434 g/mol. The van der Waals surface area contributed by atoms with Crippen molar-refractivity contribution >= 4 is 11.7 Å². The van der Waals surface area contributed by atoms with Crippen molar-refractivity contribution in [1.29, 1.82) is 0 Å². The summed E-state index contributed by atoms with van der Waals surface area (Å²) in [6, 6.07) is 29.3. The standard InChI is InChI=1S/C31H35NO3/c1-30(2)20-26(21-31(3,4)35-30)28(29(33)34-22-23-14-8-5-9-15-23)32-27(24-16-10-6-11-17-24)25-18-12-7-13-19-25/h5-19,26,28H,20-22H2,1-4H3. The van der Waals surface area contributed by atoms with Crippen molar-refractivity contribution in [3.05, 3.63) is 108 Å². The van der Waals surface area contributed by atoms with Gasteiger partial charge in [-0.05, 0) is 52.0 Å². The zero-order valence-corrected chi connectivity index (χ0v) is 21.1. The summed E-state index contributed by atoms with van der Waals surface area (Å²) < 4.78 is 12.2. The lowest BCUT2D eigenvalue weighted by Gasteiger charge is -2.46. The maximum Gasteiger partial charge on any atom is 0.331 e. The summed E-state index contributed by atoms with van der Waals surface area (Å²) in [7, 11) is 0. The Kier molecular flexibility index (Phi) is 7.51. The van der Waals surface area contributed by atoms with Crippen LogP contribution < -0.4 is 0 Å². The minimum absolute atomic E-state index is 0.0144. The lowest BCUT2D eigenvalue weighted by atomic mass is 9.77. The van der Waals surface area contributed by atoms with Crippen LogP contribution in [0.3, 0.4) is 0 Å². The molecular formula is C31H35NO3. The molecule has 182 valence electrons. The van der Waals surface area contributed by atoms with E-state index in [0.29, 0.717) is 0 Å². The summed E-state index contributed by atoms with van der Waals surface area (Å²) in [4.78, 5) is 18.8. The van der Waals surface area contributed by atoms with E-state index in [4.69, 9.17) is 14.5 Å². The molecule has 1 heterocycles. The molecule has 1 aliphatic heterocycles. The van der Waals surface area contributed by atoms with Gasteiger partial charge in [-0.2, -0.15) is 0 Å². The molecule has 0 N–H and O–H groups in total. The molecule has 3 aromatic carbocycles. The number of rotatable bonds is 7. The molecule has 4 heteroatoms. The average molecular weight is 470 g/mol. The quantitative estimate of drug-likeness (QED) is 0.289. The summed E-state index contributed by atoms with van der Waals surface area (Å²) >= 11 is 0. The van der Waals surface area contributed by atoms with Crippen molar-refractivity contribution in [2.75, 3.05) is 0 Å². The van der Waals surface area contributed by atoms with Crippen LogP contribution in [-0.2, 0) is 20.9 Å². The Morgan fingerprint density at radius 3 is 1.77 bits per heavy atom. The van der Waals surface area contributed by atoms with E-state index >= 15 is 0 Å². The van der Waals surface area contributed by atoms with E-state index < -0.39 is 6.04 Å². The fourth-order valence-electron chi connectivity index (χ4n) is 5.20. The number of hydrogen-bond donors (Lipinski definition) is 0. The van der Waals surface area contributed by atoms with E-state index in [-0.39, 0.29) is 29.7 Å². The van der Waals surface area contributed by atoms with Crippen LogP contribution in [0.2, 0.25) is 0 Å². The summed E-state index contributed by atoms with van der Waals surface area (Å²) in [6.45, 7) is 8.59. The molecule has 0 spiro atoms. The molecule has 4 rings (SSSR count). The first-order chi connectivity index (χ1) is 16.7. The third-order valence-electron chi connectivity index (χ3n) is 6.33. The van der Waals surface area contributed by atoms with Gasteiger partial charge >= 0.3 is 5.97 Å². The average Bonchev–Trinajstić information content (AvgIpc) is 2.83. The topological polar surface area (TPSA) is 47.9 Å². The molecule has 1 fully saturated rings. The van der Waals surface area contributed by atoms with Crippen molar-refractivity contribution in [3.8, 4) is 0 Å². The Labute approximate surface area is 209 Å². The number of ether oxygens (including phenoxy) is 2. The molecule has 0 aliphatic carbocycles. The van der Waals surface area contributed by atoms with Gasteiger partial charge in [0.2, 0.25) is 0 Å². The van der Waals surface area contributed by atoms with Crippen molar-refractivity contribution in [2.24, 2.45) is 10.9 Å². The van der Waals surface area contributed by atoms with Crippen LogP contribution >= 0.6 is 0 Å². The molecule has 0 amide bonds. The maximum atomic E-state index is 13.7. The highest BCUT2D eigenvalue weighted by Crippen LogP contribution is 2.41. The van der Waals surface area contributed by atoms with Gasteiger partial charge in [0, 0.05) is 11.1 Å². The minimum Gasteiger partial charge on any atom is -0.459 e. The monoisotopic (exact) mass is 469 g/mol. The highest BCUT2D eigenvalue weighted by Gasteiger charge is 2.44. The van der Waals surface area contributed by atoms with E-state index in [1.165, 1.54) is 0 Å². The number of carbonyl (C=O) groups excluding carboxylic acids is 1. The third kappa shape index (κ3) is 6.67. The van der Waals surface area contributed by atoms with Crippen molar-refractivity contribution in [3.63, 3.8) is 0 Å². The highest BCUT2D eigenvalue weighted by atomic mass is 16.5. The summed E-state index contributed by atoms with van der Waals surface area (Å²) in [6.07, 6.45) is 1.45. The Morgan fingerprint density at radius 2 is 1.29 bits per heavy atom. The molecule has 0 bridgehead atoms. The largest absolute Gasteiger partial charge is 0.459 e. The number of benzene rings is 3. The highest BCUT2D eigenvalue weighted by molar-refractivity contribution is 6.13. The van der Waals surface area contributed by atoms with Gasteiger partial charge in [0.1, 0.15) is 6.61 Å². The molecule has 0 aromatic heterocycles. The first kappa shape index (κ1) is 24.9. The molecule has 35 heavy (non-hydrogen) atoms. The predicted octanol–water partition coefficient (Wildman–Crippen LogP) is 6.62. The van der Waals surface area contributed by atoms with Crippen LogP contribution in [-0.4, -0.2) is 28.9 Å². The van der Waals surface area contributed by atoms with Crippen LogP contribution in [0.1, 0.15) is 57.2 Å². The second kappa shape index (κ2) is 10.6. The van der Waals surface area contributed by atoms with Gasteiger partial charge < -0.3 is 9.47 Å². The smallest absolute Gasteiger partial charge is 0.331 e. The van der Waals surface area contributed by atoms with Gasteiger partial charge in [-0.25, -0.2) is 4.79 Å². The molecule has 1 unspecified atom stereocenters. The molecule has 0 radical (unpaired) electrons. The van der Waals surface area contributed by atoms with E-state index in [1.807, 2.05) is 91.0 Å². The molecule has 1 atom stereocenters. The summed E-state index contributed by atoms with van der Waals surface area (Å²) in [5, 5.41) is 0. The fraction of sp³-hybridized carbons (Fsp3) is 0.355. The van der Waals surface area contributed by atoms with Gasteiger partial charge in [0.25, 0.3) is 0 Å². The van der Waals surface area contributed by atoms with Crippen LogP contribution in [0.15, 0.2) is 96.0 Å². The second-order valence-corrected chi connectivity index (χ2v) is 10.5. The van der Waals surface area contributed by atoms with Crippen LogP contribution in [0, 0.1) is 5.92 Å². The Morgan fingerprint density at radius 1 is 0.829 bits per heavy atom. The fourth-order valence-corrected chi connectivity index (χ4v) is 5.20. The molecule has 1 aliphatic rings. The first-order valence-corrected chi connectivity index (χ1v) is 12.3. The Hall–Kier alpha value is -3.24. The second-order valence-electron chi connectivity index (χ2n) is 10.5. The summed E-state index contributed by atoms with van der Waals surface area (Å²) in [5.74, 6) is -0.309. The van der Waals surface area contributed by atoms with E-state index in [1.54, 1.807) is 0 Å². The number of hydrogen-bond acceptors (Lipinski definition) is 4. The van der Waals surface area contributed by atoms with Crippen LogP contribution in [0.25, 0.3) is 0 Å². The predicted molar refractivity (Wildman–Crippen MR) is 141 cm³/mol. The van der Waals surface area contributed by atoms with Crippen LogP contribution in [0.5, 0.6) is 0 Å². The molecule has 3 aromatic rings. The molecule has 1 saturated heterocycles. The summed E-state index contributed by atoms with van der Waals surface area (Å²) in [5.41, 5.74) is 2.99. The molecule has 4 nitrogen and oxygen atoms in total. The number of aliphatic imine (C=N–C) groups is 1. The molecule has 0 saturated carbocycles. The third-order valence-corrected chi connectivity index (χ3v) is 6.33. The SMILES string of the molecule is CC1(C)CC(C(N=C(c2ccccc2)c2ccccc2)C(=O)OCc2ccccc2)CC(C)(C)O1. The van der Waals surface area contributed by atoms with Gasteiger partial charge in [-0.3, -0.25) is 4.99 Å². The van der Waals surface area contributed by atoms with Gasteiger partial charge in [-0.15, -0.1) is 0 Å². The normalized spacial score (nSPS) is 17.8. The minimum atomic E-state index is -0.642. The van der Waals surface area contributed by atoms with Crippen molar-refractivity contribution in [2.45, 2.75) is 64.4 Å². The van der Waals surface area contributed by atoms with Crippen molar-refractivity contribution < 1.29 is 14.3 Å². The lowest BCUT2D eigenvalue weighted by molar-refractivity contribution is -0.180. The van der Waals surface area contributed by atoms with E-state index in [2.05, 4.69) is 27.7 Å². The maximum absolute atomic E-state index is 13.7.